The predicted octanol–water partition coefficient (Wildman–Crippen LogP) is 4.95. The molecule has 35 heavy (non-hydrogen) atoms. The SMILES string of the molecule is CCCC1=C(C(=O)OCC)[C@H](c2cc(Br)ccc2OC)n2c(s/c(=C/c3ccc(I)cc3)c2=O)=N1. The van der Waals surface area contributed by atoms with Gasteiger partial charge < -0.3 is 9.47 Å². The highest BCUT2D eigenvalue weighted by Crippen LogP contribution is 2.38. The number of hydrogen-bond acceptors (Lipinski definition) is 6. The molecular formula is C26H24BrIN2O4S. The van der Waals surface area contributed by atoms with Gasteiger partial charge in [0.05, 0.1) is 29.5 Å². The Bertz CT molecular complexity index is 1470. The van der Waals surface area contributed by atoms with Crippen molar-refractivity contribution in [2.45, 2.75) is 32.7 Å². The molecule has 0 spiro atoms. The molecule has 2 aromatic carbocycles. The number of nitrogens with zero attached hydrogens (tertiary/aromatic N) is 2. The van der Waals surface area contributed by atoms with Crippen LogP contribution in [-0.4, -0.2) is 24.3 Å². The van der Waals surface area contributed by atoms with E-state index < -0.39 is 12.0 Å². The fourth-order valence-corrected chi connectivity index (χ4v) is 5.80. The van der Waals surface area contributed by atoms with Crippen LogP contribution in [0.1, 0.15) is 43.9 Å². The van der Waals surface area contributed by atoms with E-state index in [1.165, 1.54) is 11.3 Å². The smallest absolute Gasteiger partial charge is 0.338 e. The molecular weight excluding hydrogens is 643 g/mol. The van der Waals surface area contributed by atoms with Crippen molar-refractivity contribution < 1.29 is 14.3 Å². The van der Waals surface area contributed by atoms with Crippen molar-refractivity contribution in [1.82, 2.24) is 4.57 Å². The molecule has 0 N–H and O–H groups in total. The van der Waals surface area contributed by atoms with Crippen molar-refractivity contribution >= 4 is 61.9 Å². The first-order chi connectivity index (χ1) is 16.9. The summed E-state index contributed by atoms with van der Waals surface area (Å²) in [6.07, 6.45) is 3.24. The summed E-state index contributed by atoms with van der Waals surface area (Å²) in [6, 6.07) is 12.8. The molecule has 0 bridgehead atoms. The van der Waals surface area contributed by atoms with E-state index in [0.717, 1.165) is 20.0 Å². The fraction of sp³-hybridized carbons (Fsp3) is 0.269. The normalized spacial score (nSPS) is 15.6. The molecule has 9 heteroatoms. The lowest BCUT2D eigenvalue weighted by Crippen LogP contribution is -2.40. The number of esters is 1. The second kappa shape index (κ2) is 11.2. The van der Waals surface area contributed by atoms with Crippen LogP contribution in [0, 0.1) is 3.57 Å². The monoisotopic (exact) mass is 666 g/mol. The maximum absolute atomic E-state index is 13.8. The zero-order chi connectivity index (χ0) is 25.1. The Hall–Kier alpha value is -2.24. The number of hydrogen-bond donors (Lipinski definition) is 0. The van der Waals surface area contributed by atoms with Gasteiger partial charge in [0.2, 0.25) is 0 Å². The number of allylic oxidation sites excluding steroid dienone is 1. The molecule has 4 rings (SSSR count). The number of fused-ring (bicyclic) bond motifs is 1. The van der Waals surface area contributed by atoms with Crippen LogP contribution >= 0.6 is 49.9 Å². The molecule has 0 fully saturated rings. The van der Waals surface area contributed by atoms with Gasteiger partial charge in [-0.25, -0.2) is 9.79 Å². The molecule has 3 aromatic rings. The number of methoxy groups -OCH3 is 1. The van der Waals surface area contributed by atoms with Crippen LogP contribution < -0.4 is 19.6 Å². The second-order valence-corrected chi connectivity index (χ2v) is 11.0. The van der Waals surface area contributed by atoms with Gasteiger partial charge in [0.25, 0.3) is 5.56 Å². The van der Waals surface area contributed by atoms with Gasteiger partial charge in [-0.1, -0.05) is 52.7 Å². The second-order valence-electron chi connectivity index (χ2n) is 7.85. The molecule has 1 aromatic heterocycles. The Labute approximate surface area is 229 Å². The van der Waals surface area contributed by atoms with Crippen LogP contribution in [-0.2, 0) is 9.53 Å². The zero-order valence-corrected chi connectivity index (χ0v) is 24.1. The summed E-state index contributed by atoms with van der Waals surface area (Å²) in [5, 5.41) is 0. The molecule has 0 unspecified atom stereocenters. The first kappa shape index (κ1) is 25.8. The van der Waals surface area contributed by atoms with Gasteiger partial charge in [0.15, 0.2) is 4.80 Å². The first-order valence-corrected chi connectivity index (χ1v) is 13.9. The van der Waals surface area contributed by atoms with Crippen LogP contribution in [0.5, 0.6) is 5.75 Å². The summed E-state index contributed by atoms with van der Waals surface area (Å²) < 4.78 is 15.2. The van der Waals surface area contributed by atoms with Crippen LogP contribution in [0.15, 0.2) is 68.0 Å². The van der Waals surface area contributed by atoms with E-state index in [2.05, 4.69) is 38.5 Å². The molecule has 6 nitrogen and oxygen atoms in total. The Morgan fingerprint density at radius 3 is 2.63 bits per heavy atom. The molecule has 1 atom stereocenters. The minimum atomic E-state index is -0.724. The van der Waals surface area contributed by atoms with Crippen molar-refractivity contribution in [2.24, 2.45) is 4.99 Å². The van der Waals surface area contributed by atoms with E-state index >= 15 is 0 Å². The van der Waals surface area contributed by atoms with Gasteiger partial charge in [-0.2, -0.15) is 0 Å². The molecule has 182 valence electrons. The van der Waals surface area contributed by atoms with Crippen LogP contribution in [0.25, 0.3) is 6.08 Å². The number of rotatable bonds is 7. The largest absolute Gasteiger partial charge is 0.496 e. The van der Waals surface area contributed by atoms with E-state index in [9.17, 15) is 9.59 Å². The standard InChI is InChI=1S/C26H24BrIN2O4S/c1-4-6-19-22(25(32)34-5-2)23(18-14-16(27)9-12-20(18)33-3)30-24(31)21(35-26(30)29-19)13-15-7-10-17(28)11-8-15/h7-14,23H,4-6H2,1-3H3/b21-13+/t23-/m0/s1. The van der Waals surface area contributed by atoms with Gasteiger partial charge in [0.1, 0.15) is 11.8 Å². The highest BCUT2D eigenvalue weighted by Gasteiger charge is 2.36. The average molecular weight is 667 g/mol. The summed E-state index contributed by atoms with van der Waals surface area (Å²) in [4.78, 5) is 32.4. The summed E-state index contributed by atoms with van der Waals surface area (Å²) >= 11 is 7.11. The predicted molar refractivity (Wildman–Crippen MR) is 149 cm³/mol. The molecule has 0 radical (unpaired) electrons. The molecule has 0 saturated heterocycles. The average Bonchev–Trinajstić information content (AvgIpc) is 3.14. The summed E-state index contributed by atoms with van der Waals surface area (Å²) in [6.45, 7) is 4.02. The van der Waals surface area contributed by atoms with Crippen molar-refractivity contribution in [2.75, 3.05) is 13.7 Å². The number of aromatic nitrogens is 1. The Balaban J connectivity index is 2.04. The summed E-state index contributed by atoms with van der Waals surface area (Å²) in [5.74, 6) is 0.101. The van der Waals surface area contributed by atoms with Crippen molar-refractivity contribution in [3.63, 3.8) is 0 Å². The van der Waals surface area contributed by atoms with Gasteiger partial charge in [-0.15, -0.1) is 0 Å². The van der Waals surface area contributed by atoms with Gasteiger partial charge in [-0.05, 0) is 77.9 Å². The zero-order valence-electron chi connectivity index (χ0n) is 19.5. The number of benzene rings is 2. The quantitative estimate of drug-likeness (QED) is 0.264. The Kier molecular flexibility index (Phi) is 8.28. The van der Waals surface area contributed by atoms with E-state index in [4.69, 9.17) is 14.5 Å². The van der Waals surface area contributed by atoms with E-state index in [0.29, 0.717) is 38.3 Å². The summed E-state index contributed by atoms with van der Waals surface area (Å²) in [5.41, 5.74) is 2.41. The highest BCUT2D eigenvalue weighted by molar-refractivity contribution is 14.1. The van der Waals surface area contributed by atoms with E-state index in [1.54, 1.807) is 18.6 Å². The first-order valence-electron chi connectivity index (χ1n) is 11.2. The van der Waals surface area contributed by atoms with Crippen LogP contribution in [0.2, 0.25) is 0 Å². The fourth-order valence-electron chi connectivity index (χ4n) is 4.04. The van der Waals surface area contributed by atoms with Gasteiger partial charge >= 0.3 is 5.97 Å². The third-order valence-corrected chi connectivity index (χ3v) is 7.74. The number of carbonyl (C=O) groups is 1. The summed E-state index contributed by atoms with van der Waals surface area (Å²) in [7, 11) is 1.58. The maximum Gasteiger partial charge on any atom is 0.338 e. The number of halogens is 2. The topological polar surface area (TPSA) is 69.9 Å². The molecule has 1 aliphatic rings. The lowest BCUT2D eigenvalue weighted by molar-refractivity contribution is -0.139. The molecule has 0 aliphatic carbocycles. The van der Waals surface area contributed by atoms with Crippen molar-refractivity contribution in [3.05, 3.63) is 92.6 Å². The minimum absolute atomic E-state index is 0.211. The number of ether oxygens (including phenoxy) is 2. The molecule has 1 aliphatic heterocycles. The van der Waals surface area contributed by atoms with Gasteiger partial charge in [-0.3, -0.25) is 9.36 Å². The maximum atomic E-state index is 13.8. The highest BCUT2D eigenvalue weighted by atomic mass is 127. The molecule has 2 heterocycles. The molecule has 0 amide bonds. The van der Waals surface area contributed by atoms with E-state index in [1.807, 2.05) is 55.5 Å². The number of thiazole rings is 1. The van der Waals surface area contributed by atoms with Crippen molar-refractivity contribution in [1.29, 1.82) is 0 Å². The lowest BCUT2D eigenvalue weighted by Gasteiger charge is -2.27. The molecule has 0 saturated carbocycles. The van der Waals surface area contributed by atoms with Crippen LogP contribution in [0.4, 0.5) is 0 Å². The number of carbonyl (C=O) groups excluding carboxylic acids is 1. The third-order valence-electron chi connectivity index (χ3n) is 5.55. The third kappa shape index (κ3) is 5.31. The lowest BCUT2D eigenvalue weighted by atomic mass is 9.93. The van der Waals surface area contributed by atoms with Crippen molar-refractivity contribution in [3.8, 4) is 5.75 Å². The minimum Gasteiger partial charge on any atom is -0.496 e. The van der Waals surface area contributed by atoms with E-state index in [-0.39, 0.29) is 12.2 Å². The van der Waals surface area contributed by atoms with Crippen LogP contribution in [0.3, 0.4) is 0 Å². The van der Waals surface area contributed by atoms with Gasteiger partial charge in [0, 0.05) is 13.6 Å². The Morgan fingerprint density at radius 1 is 1.23 bits per heavy atom. The Morgan fingerprint density at radius 2 is 1.97 bits per heavy atom.